The van der Waals surface area contributed by atoms with Gasteiger partial charge in [0.2, 0.25) is 0 Å². The van der Waals surface area contributed by atoms with Gasteiger partial charge in [-0.2, -0.15) is 0 Å². The summed E-state index contributed by atoms with van der Waals surface area (Å²) >= 11 is 1.52. The summed E-state index contributed by atoms with van der Waals surface area (Å²) in [5.41, 5.74) is 0.568. The Morgan fingerprint density at radius 2 is 2.05 bits per heavy atom. The van der Waals surface area contributed by atoms with Crippen molar-refractivity contribution in [1.29, 1.82) is 0 Å². The molecular formula is C14H16N4OS. The minimum Gasteiger partial charge on any atom is -0.353 e. The van der Waals surface area contributed by atoms with Gasteiger partial charge in [0.05, 0.1) is 5.01 Å². The lowest BCUT2D eigenvalue weighted by atomic mass is 10.3. The summed E-state index contributed by atoms with van der Waals surface area (Å²) in [6, 6.07) is 5.90. The van der Waals surface area contributed by atoms with Gasteiger partial charge < -0.3 is 9.80 Å². The number of carbonyl (C=O) groups excluding carboxylic acids is 1. The van der Waals surface area contributed by atoms with E-state index in [9.17, 15) is 4.79 Å². The van der Waals surface area contributed by atoms with Crippen molar-refractivity contribution in [2.24, 2.45) is 0 Å². The molecule has 0 saturated carbocycles. The van der Waals surface area contributed by atoms with E-state index in [0.29, 0.717) is 18.8 Å². The fourth-order valence-corrected chi connectivity index (χ4v) is 2.89. The van der Waals surface area contributed by atoms with E-state index in [0.717, 1.165) is 23.9 Å². The van der Waals surface area contributed by atoms with E-state index in [4.69, 9.17) is 0 Å². The molecule has 0 bridgehead atoms. The number of aryl methyl sites for hydroxylation is 1. The summed E-state index contributed by atoms with van der Waals surface area (Å²) in [5, 5.41) is 2.77. The maximum atomic E-state index is 12.3. The third-order valence-corrected chi connectivity index (χ3v) is 4.15. The molecule has 0 aliphatic carbocycles. The van der Waals surface area contributed by atoms with Crippen LogP contribution in [0.15, 0.2) is 29.8 Å². The highest BCUT2D eigenvalue weighted by atomic mass is 32.1. The second-order valence-corrected chi connectivity index (χ2v) is 5.78. The van der Waals surface area contributed by atoms with Crippen LogP contribution in [-0.2, 0) is 0 Å². The van der Waals surface area contributed by atoms with Crippen LogP contribution in [0.2, 0.25) is 0 Å². The molecule has 20 heavy (non-hydrogen) atoms. The molecule has 0 atom stereocenters. The van der Waals surface area contributed by atoms with E-state index in [1.807, 2.05) is 35.4 Å². The van der Waals surface area contributed by atoms with E-state index in [-0.39, 0.29) is 5.91 Å². The van der Waals surface area contributed by atoms with E-state index in [1.165, 1.54) is 11.3 Å². The molecule has 3 heterocycles. The second kappa shape index (κ2) is 5.58. The zero-order valence-corrected chi connectivity index (χ0v) is 12.1. The van der Waals surface area contributed by atoms with Crippen LogP contribution in [0.25, 0.3) is 0 Å². The standard InChI is InChI=1S/C14H16N4OS/c1-11-16-12(10-20-11)14(19)18-8-6-17(7-9-18)13-4-2-3-5-15-13/h2-5,10H,6-9H2,1H3. The molecule has 1 aliphatic heterocycles. The predicted molar refractivity (Wildman–Crippen MR) is 79.2 cm³/mol. The third kappa shape index (κ3) is 2.65. The van der Waals surface area contributed by atoms with Crippen LogP contribution in [0.3, 0.4) is 0 Å². The number of piperazine rings is 1. The van der Waals surface area contributed by atoms with Gasteiger partial charge in [-0.3, -0.25) is 4.79 Å². The Balaban J connectivity index is 1.63. The molecule has 2 aromatic rings. The molecule has 0 N–H and O–H groups in total. The molecule has 2 aromatic heterocycles. The summed E-state index contributed by atoms with van der Waals surface area (Å²) in [6.07, 6.45) is 1.80. The minimum absolute atomic E-state index is 0.0371. The quantitative estimate of drug-likeness (QED) is 0.845. The van der Waals surface area contributed by atoms with Crippen LogP contribution in [0.1, 0.15) is 15.5 Å². The minimum atomic E-state index is 0.0371. The number of pyridine rings is 1. The number of carbonyl (C=O) groups is 1. The Hall–Kier alpha value is -1.95. The molecule has 0 radical (unpaired) electrons. The Kier molecular flexibility index (Phi) is 3.64. The van der Waals surface area contributed by atoms with Gasteiger partial charge in [0.15, 0.2) is 0 Å². The predicted octanol–water partition coefficient (Wildman–Crippen LogP) is 1.81. The molecule has 0 aromatic carbocycles. The lowest BCUT2D eigenvalue weighted by Crippen LogP contribution is -2.49. The first-order valence-corrected chi connectivity index (χ1v) is 7.49. The highest BCUT2D eigenvalue weighted by Gasteiger charge is 2.23. The fourth-order valence-electron chi connectivity index (χ4n) is 2.30. The maximum absolute atomic E-state index is 12.3. The Morgan fingerprint density at radius 1 is 1.25 bits per heavy atom. The molecule has 1 amide bonds. The van der Waals surface area contributed by atoms with Gasteiger partial charge in [-0.15, -0.1) is 11.3 Å². The van der Waals surface area contributed by atoms with Gasteiger partial charge in [-0.1, -0.05) is 6.07 Å². The number of amides is 1. The topological polar surface area (TPSA) is 49.3 Å². The van der Waals surface area contributed by atoms with Crippen LogP contribution in [-0.4, -0.2) is 47.0 Å². The third-order valence-electron chi connectivity index (χ3n) is 3.38. The monoisotopic (exact) mass is 288 g/mol. The van der Waals surface area contributed by atoms with Crippen LogP contribution < -0.4 is 4.90 Å². The number of aromatic nitrogens is 2. The van der Waals surface area contributed by atoms with Crippen molar-refractivity contribution in [3.05, 3.63) is 40.5 Å². The van der Waals surface area contributed by atoms with Crippen molar-refractivity contribution in [3.63, 3.8) is 0 Å². The van der Waals surface area contributed by atoms with E-state index < -0.39 is 0 Å². The van der Waals surface area contributed by atoms with E-state index in [1.54, 1.807) is 6.20 Å². The normalized spacial score (nSPS) is 15.4. The molecule has 3 rings (SSSR count). The Morgan fingerprint density at radius 3 is 2.65 bits per heavy atom. The Bertz CT molecular complexity index is 590. The first-order valence-electron chi connectivity index (χ1n) is 6.61. The zero-order valence-electron chi connectivity index (χ0n) is 11.3. The summed E-state index contributed by atoms with van der Waals surface area (Å²) in [5.74, 6) is 1.01. The average molecular weight is 288 g/mol. The van der Waals surface area contributed by atoms with Gasteiger partial charge >= 0.3 is 0 Å². The van der Waals surface area contributed by atoms with E-state index in [2.05, 4.69) is 14.9 Å². The van der Waals surface area contributed by atoms with Crippen LogP contribution in [0, 0.1) is 6.92 Å². The first-order chi connectivity index (χ1) is 9.74. The Labute approximate surface area is 121 Å². The molecule has 104 valence electrons. The summed E-state index contributed by atoms with van der Waals surface area (Å²) in [7, 11) is 0. The van der Waals surface area contributed by atoms with E-state index >= 15 is 0 Å². The molecule has 1 saturated heterocycles. The van der Waals surface area contributed by atoms with Gasteiger partial charge in [0, 0.05) is 37.8 Å². The van der Waals surface area contributed by atoms with Crippen molar-refractivity contribution < 1.29 is 4.79 Å². The van der Waals surface area contributed by atoms with Gasteiger partial charge in [-0.25, -0.2) is 9.97 Å². The van der Waals surface area contributed by atoms with Crippen LogP contribution >= 0.6 is 11.3 Å². The maximum Gasteiger partial charge on any atom is 0.273 e. The summed E-state index contributed by atoms with van der Waals surface area (Å²) < 4.78 is 0. The van der Waals surface area contributed by atoms with Crippen molar-refractivity contribution in [2.75, 3.05) is 31.1 Å². The number of nitrogens with zero attached hydrogens (tertiary/aromatic N) is 4. The number of thiazole rings is 1. The molecule has 6 heteroatoms. The van der Waals surface area contributed by atoms with Crippen molar-refractivity contribution >= 4 is 23.1 Å². The molecule has 0 spiro atoms. The van der Waals surface area contributed by atoms with Gasteiger partial charge in [0.1, 0.15) is 11.5 Å². The molecule has 5 nitrogen and oxygen atoms in total. The van der Waals surface area contributed by atoms with Crippen LogP contribution in [0.4, 0.5) is 5.82 Å². The van der Waals surface area contributed by atoms with Gasteiger partial charge in [-0.05, 0) is 19.1 Å². The van der Waals surface area contributed by atoms with Crippen molar-refractivity contribution in [3.8, 4) is 0 Å². The van der Waals surface area contributed by atoms with Crippen molar-refractivity contribution in [1.82, 2.24) is 14.9 Å². The molecule has 0 unspecified atom stereocenters. The first kappa shape index (κ1) is 13.1. The smallest absolute Gasteiger partial charge is 0.273 e. The SMILES string of the molecule is Cc1nc(C(=O)N2CCN(c3ccccn3)CC2)cs1. The van der Waals surface area contributed by atoms with Crippen LogP contribution in [0.5, 0.6) is 0 Å². The number of rotatable bonds is 2. The summed E-state index contributed by atoms with van der Waals surface area (Å²) in [4.78, 5) is 25.0. The number of anilines is 1. The summed E-state index contributed by atoms with van der Waals surface area (Å²) in [6.45, 7) is 4.97. The zero-order chi connectivity index (χ0) is 13.9. The number of hydrogen-bond donors (Lipinski definition) is 0. The highest BCUT2D eigenvalue weighted by Crippen LogP contribution is 2.15. The molecule has 1 fully saturated rings. The lowest BCUT2D eigenvalue weighted by molar-refractivity contribution is 0.0741. The van der Waals surface area contributed by atoms with Gasteiger partial charge in [0.25, 0.3) is 5.91 Å². The molecular weight excluding hydrogens is 272 g/mol. The second-order valence-electron chi connectivity index (χ2n) is 4.72. The highest BCUT2D eigenvalue weighted by molar-refractivity contribution is 7.09. The largest absolute Gasteiger partial charge is 0.353 e. The van der Waals surface area contributed by atoms with Crippen molar-refractivity contribution in [2.45, 2.75) is 6.92 Å². The fraction of sp³-hybridized carbons (Fsp3) is 0.357. The molecule has 1 aliphatic rings. The lowest BCUT2D eigenvalue weighted by Gasteiger charge is -2.35. The average Bonchev–Trinajstić information content (AvgIpc) is 2.94. The number of hydrogen-bond acceptors (Lipinski definition) is 5.